The van der Waals surface area contributed by atoms with E-state index in [-0.39, 0.29) is 6.61 Å². The van der Waals surface area contributed by atoms with Gasteiger partial charge in [0.25, 0.3) is 0 Å². The second-order valence-corrected chi connectivity index (χ2v) is 5.66. The first-order chi connectivity index (χ1) is 12.3. The summed E-state index contributed by atoms with van der Waals surface area (Å²) in [5.41, 5.74) is 5.32. The molecular weight excluding hydrogens is 320 g/mol. The van der Waals surface area contributed by atoms with Crippen molar-refractivity contribution in [3.05, 3.63) is 42.5 Å². The Bertz CT molecular complexity index is 603. The van der Waals surface area contributed by atoms with Crippen LogP contribution in [-0.4, -0.2) is 63.9 Å². The van der Waals surface area contributed by atoms with Gasteiger partial charge in [0.15, 0.2) is 0 Å². The number of fused-ring (bicyclic) bond motifs is 1. The number of rotatable bonds is 13. The summed E-state index contributed by atoms with van der Waals surface area (Å²) in [4.78, 5) is 0. The summed E-state index contributed by atoms with van der Waals surface area (Å²) < 4.78 is 16.4. The minimum atomic E-state index is -0.577. The van der Waals surface area contributed by atoms with Gasteiger partial charge in [-0.05, 0) is 11.5 Å². The number of aliphatic hydroxyl groups excluding tert-OH is 1. The number of ether oxygens (including phenoxy) is 3. The van der Waals surface area contributed by atoms with E-state index < -0.39 is 6.10 Å². The van der Waals surface area contributed by atoms with Crippen LogP contribution < -0.4 is 15.8 Å². The molecule has 0 amide bonds. The molecule has 0 bridgehead atoms. The van der Waals surface area contributed by atoms with Crippen LogP contribution in [-0.2, 0) is 9.47 Å². The molecule has 4 N–H and O–H groups in total. The smallest absolute Gasteiger partial charge is 0.127 e. The molecular formula is C19H28N2O4. The van der Waals surface area contributed by atoms with E-state index >= 15 is 0 Å². The van der Waals surface area contributed by atoms with Crippen molar-refractivity contribution in [1.82, 2.24) is 5.32 Å². The standard InChI is InChI=1S/C19H28N2O4/c20-8-10-23-12-13-24-11-9-21-14-17(22)15-25-19-7-3-5-16-4-1-2-6-18(16)19/h1-7,17,21-22H,8-15,20H2/t17-/m0/s1. The summed E-state index contributed by atoms with van der Waals surface area (Å²) in [6.07, 6.45) is -0.577. The number of benzene rings is 2. The number of nitrogens with two attached hydrogens (primary N) is 1. The average molecular weight is 348 g/mol. The van der Waals surface area contributed by atoms with Crippen LogP contribution >= 0.6 is 0 Å². The lowest BCUT2D eigenvalue weighted by Crippen LogP contribution is -2.33. The van der Waals surface area contributed by atoms with Gasteiger partial charge >= 0.3 is 0 Å². The SMILES string of the molecule is NCCOCCOCCNC[C@H](O)COc1cccc2ccccc12. The van der Waals surface area contributed by atoms with Gasteiger partial charge in [0.05, 0.1) is 26.4 Å². The van der Waals surface area contributed by atoms with Gasteiger partial charge in [0, 0.05) is 25.0 Å². The van der Waals surface area contributed by atoms with Crippen molar-refractivity contribution >= 4 is 10.8 Å². The highest BCUT2D eigenvalue weighted by atomic mass is 16.5. The van der Waals surface area contributed by atoms with Crippen LogP contribution in [0.15, 0.2) is 42.5 Å². The highest BCUT2D eigenvalue weighted by Gasteiger charge is 2.07. The minimum absolute atomic E-state index is 0.245. The fourth-order valence-electron chi connectivity index (χ4n) is 2.38. The molecule has 138 valence electrons. The number of hydrogen-bond donors (Lipinski definition) is 3. The van der Waals surface area contributed by atoms with Crippen molar-refractivity contribution in [3.8, 4) is 5.75 Å². The van der Waals surface area contributed by atoms with E-state index in [1.807, 2.05) is 42.5 Å². The molecule has 2 rings (SSSR count). The summed E-state index contributed by atoms with van der Waals surface area (Å²) in [5, 5.41) is 15.3. The normalized spacial score (nSPS) is 12.4. The van der Waals surface area contributed by atoms with E-state index in [4.69, 9.17) is 19.9 Å². The molecule has 0 aliphatic heterocycles. The van der Waals surface area contributed by atoms with E-state index in [1.165, 1.54) is 0 Å². The van der Waals surface area contributed by atoms with E-state index in [9.17, 15) is 5.11 Å². The molecule has 0 radical (unpaired) electrons. The molecule has 6 heteroatoms. The molecule has 2 aromatic carbocycles. The number of nitrogens with one attached hydrogen (secondary N) is 1. The van der Waals surface area contributed by atoms with Gasteiger partial charge in [-0.2, -0.15) is 0 Å². The molecule has 1 atom stereocenters. The third-order valence-electron chi connectivity index (χ3n) is 3.62. The van der Waals surface area contributed by atoms with Crippen LogP contribution in [0.4, 0.5) is 0 Å². The molecule has 0 saturated carbocycles. The van der Waals surface area contributed by atoms with Crippen LogP contribution in [0.1, 0.15) is 0 Å². The minimum Gasteiger partial charge on any atom is -0.490 e. The van der Waals surface area contributed by atoms with Gasteiger partial charge in [-0.3, -0.25) is 0 Å². The van der Waals surface area contributed by atoms with Crippen molar-refractivity contribution in [2.45, 2.75) is 6.10 Å². The highest BCUT2D eigenvalue weighted by Crippen LogP contribution is 2.25. The predicted octanol–water partition coefficient (Wildman–Crippen LogP) is 1.16. The van der Waals surface area contributed by atoms with Gasteiger partial charge < -0.3 is 30.4 Å². The molecule has 0 unspecified atom stereocenters. The van der Waals surface area contributed by atoms with E-state index in [1.54, 1.807) is 0 Å². The van der Waals surface area contributed by atoms with Gasteiger partial charge in [-0.15, -0.1) is 0 Å². The molecule has 0 spiro atoms. The third-order valence-corrected chi connectivity index (χ3v) is 3.62. The lowest BCUT2D eigenvalue weighted by molar-refractivity contribution is 0.0499. The molecule has 0 saturated heterocycles. The average Bonchev–Trinajstić information content (AvgIpc) is 2.65. The van der Waals surface area contributed by atoms with Crippen LogP contribution in [0.25, 0.3) is 10.8 Å². The van der Waals surface area contributed by atoms with Crippen LogP contribution in [0.3, 0.4) is 0 Å². The number of hydrogen-bond acceptors (Lipinski definition) is 6. The molecule has 0 aliphatic rings. The van der Waals surface area contributed by atoms with Crippen molar-refractivity contribution in [3.63, 3.8) is 0 Å². The van der Waals surface area contributed by atoms with E-state index in [0.29, 0.717) is 46.1 Å². The van der Waals surface area contributed by atoms with Gasteiger partial charge in [0.2, 0.25) is 0 Å². The second-order valence-electron chi connectivity index (χ2n) is 5.66. The Morgan fingerprint density at radius 3 is 2.56 bits per heavy atom. The summed E-state index contributed by atoms with van der Waals surface area (Å²) >= 11 is 0. The van der Waals surface area contributed by atoms with Crippen molar-refractivity contribution in [2.75, 3.05) is 52.7 Å². The third kappa shape index (κ3) is 7.37. The lowest BCUT2D eigenvalue weighted by atomic mass is 10.1. The Morgan fingerprint density at radius 1 is 0.960 bits per heavy atom. The van der Waals surface area contributed by atoms with E-state index in [2.05, 4.69) is 5.32 Å². The fraction of sp³-hybridized carbons (Fsp3) is 0.474. The Labute approximate surface area is 148 Å². The zero-order valence-electron chi connectivity index (χ0n) is 14.5. The molecule has 0 aromatic heterocycles. The van der Waals surface area contributed by atoms with Crippen molar-refractivity contribution in [1.29, 1.82) is 0 Å². The molecule has 0 aliphatic carbocycles. The Morgan fingerprint density at radius 2 is 1.72 bits per heavy atom. The van der Waals surface area contributed by atoms with Gasteiger partial charge in [-0.1, -0.05) is 36.4 Å². The summed E-state index contributed by atoms with van der Waals surface area (Å²) in [7, 11) is 0. The maximum absolute atomic E-state index is 10.0. The maximum Gasteiger partial charge on any atom is 0.127 e. The van der Waals surface area contributed by atoms with Crippen LogP contribution in [0.2, 0.25) is 0 Å². The molecule has 2 aromatic rings. The zero-order valence-corrected chi connectivity index (χ0v) is 14.5. The topological polar surface area (TPSA) is 86.0 Å². The molecule has 0 fully saturated rings. The zero-order chi connectivity index (χ0) is 17.7. The van der Waals surface area contributed by atoms with Crippen LogP contribution in [0.5, 0.6) is 5.75 Å². The summed E-state index contributed by atoms with van der Waals surface area (Å²) in [6, 6.07) is 14.0. The molecule has 6 nitrogen and oxygen atoms in total. The number of aliphatic hydroxyl groups is 1. The van der Waals surface area contributed by atoms with Gasteiger partial charge in [-0.25, -0.2) is 0 Å². The fourth-order valence-corrected chi connectivity index (χ4v) is 2.38. The van der Waals surface area contributed by atoms with Crippen LogP contribution in [0, 0.1) is 0 Å². The second kappa shape index (κ2) is 11.8. The Hall–Kier alpha value is -1.70. The molecule has 0 heterocycles. The first-order valence-corrected chi connectivity index (χ1v) is 8.66. The highest BCUT2D eigenvalue weighted by molar-refractivity contribution is 5.88. The summed E-state index contributed by atoms with van der Waals surface area (Å²) in [6.45, 7) is 4.13. The first kappa shape index (κ1) is 19.6. The maximum atomic E-state index is 10.0. The van der Waals surface area contributed by atoms with Crippen molar-refractivity contribution in [2.24, 2.45) is 5.73 Å². The Kier molecular flexibility index (Phi) is 9.25. The lowest BCUT2D eigenvalue weighted by Gasteiger charge is -2.14. The van der Waals surface area contributed by atoms with Crippen molar-refractivity contribution < 1.29 is 19.3 Å². The summed E-state index contributed by atoms with van der Waals surface area (Å²) in [5.74, 6) is 0.790. The Balaban J connectivity index is 1.57. The van der Waals surface area contributed by atoms with E-state index in [0.717, 1.165) is 16.5 Å². The molecule has 25 heavy (non-hydrogen) atoms. The quantitative estimate of drug-likeness (QED) is 0.471. The van der Waals surface area contributed by atoms with Gasteiger partial charge in [0.1, 0.15) is 18.5 Å². The first-order valence-electron chi connectivity index (χ1n) is 8.66. The predicted molar refractivity (Wildman–Crippen MR) is 99.0 cm³/mol. The largest absolute Gasteiger partial charge is 0.490 e. The monoisotopic (exact) mass is 348 g/mol.